The van der Waals surface area contributed by atoms with Crippen molar-refractivity contribution in [3.8, 4) is 0 Å². The maximum absolute atomic E-state index is 12.9. The van der Waals surface area contributed by atoms with Gasteiger partial charge in [0.05, 0.1) is 13.0 Å². The number of nitrogens with zero attached hydrogens (tertiary/aromatic N) is 2. The summed E-state index contributed by atoms with van der Waals surface area (Å²) in [5, 5.41) is 9.33. The Morgan fingerprint density at radius 3 is 2.62 bits per heavy atom. The van der Waals surface area contributed by atoms with Crippen molar-refractivity contribution in [2.75, 3.05) is 31.1 Å². The molecule has 2 heterocycles. The lowest BCUT2D eigenvalue weighted by atomic mass is 10.1. The number of carbonyl (C=O) groups excluding carboxylic acids is 3. The zero-order valence-electron chi connectivity index (χ0n) is 16.2. The summed E-state index contributed by atoms with van der Waals surface area (Å²) in [7, 11) is 0. The number of carbonyl (C=O) groups is 4. The van der Waals surface area contributed by atoms with Crippen molar-refractivity contribution in [2.45, 2.75) is 38.4 Å². The molecule has 1 N–H and O–H groups in total. The monoisotopic (exact) mass is 404 g/mol. The molecular weight excluding hydrogens is 380 g/mol. The molecule has 0 spiro atoms. The van der Waals surface area contributed by atoms with Gasteiger partial charge in [0.25, 0.3) is 5.91 Å². The van der Waals surface area contributed by atoms with Gasteiger partial charge < -0.3 is 24.4 Å². The van der Waals surface area contributed by atoms with Crippen LogP contribution < -0.4 is 4.90 Å². The van der Waals surface area contributed by atoms with E-state index in [9.17, 15) is 24.3 Å². The quantitative estimate of drug-likeness (QED) is 0.691. The van der Waals surface area contributed by atoms with Gasteiger partial charge in [-0.3, -0.25) is 14.4 Å². The first-order chi connectivity index (χ1) is 13.9. The lowest BCUT2D eigenvalue weighted by molar-refractivity contribution is -0.177. The van der Waals surface area contributed by atoms with E-state index in [0.29, 0.717) is 5.69 Å². The molecule has 156 valence electrons. The number of carboxylic acid groups (broad SMARTS) is 1. The van der Waals surface area contributed by atoms with E-state index in [1.807, 2.05) is 11.0 Å². The molecule has 2 atom stereocenters. The van der Waals surface area contributed by atoms with E-state index in [2.05, 4.69) is 0 Å². The second-order valence-electron chi connectivity index (χ2n) is 7.08. The summed E-state index contributed by atoms with van der Waals surface area (Å²) in [6, 6.07) is 7.03. The molecule has 1 aromatic rings. The third-order valence-electron chi connectivity index (χ3n) is 4.97. The van der Waals surface area contributed by atoms with Crippen LogP contribution in [0.4, 0.5) is 5.69 Å². The van der Waals surface area contributed by atoms with Crippen molar-refractivity contribution >= 4 is 29.4 Å². The van der Waals surface area contributed by atoms with Gasteiger partial charge in [-0.15, -0.1) is 0 Å². The molecule has 0 aromatic heterocycles. The minimum atomic E-state index is -1.72. The predicted octanol–water partition coefficient (Wildman–Crippen LogP) is 0.600. The summed E-state index contributed by atoms with van der Waals surface area (Å²) < 4.78 is 10.1. The molecule has 0 radical (unpaired) electrons. The Kier molecular flexibility index (Phi) is 6.48. The molecule has 0 unspecified atom stereocenters. The van der Waals surface area contributed by atoms with Crippen molar-refractivity contribution in [1.29, 1.82) is 0 Å². The van der Waals surface area contributed by atoms with Crippen molar-refractivity contribution in [3.63, 3.8) is 0 Å². The normalized spacial score (nSPS) is 20.4. The highest BCUT2D eigenvalue weighted by Crippen LogP contribution is 2.23. The Balaban J connectivity index is 1.75. The molecule has 9 heteroatoms. The van der Waals surface area contributed by atoms with Gasteiger partial charge in [0.15, 0.2) is 6.10 Å². The lowest BCUT2D eigenvalue weighted by Crippen LogP contribution is -2.55. The highest BCUT2D eigenvalue weighted by atomic mass is 16.6. The van der Waals surface area contributed by atoms with Gasteiger partial charge in [0.1, 0.15) is 0 Å². The summed E-state index contributed by atoms with van der Waals surface area (Å²) in [5.74, 6) is -2.82. The fourth-order valence-corrected chi connectivity index (χ4v) is 3.59. The number of hydrogen-bond acceptors (Lipinski definition) is 6. The van der Waals surface area contributed by atoms with Crippen molar-refractivity contribution < 1.29 is 33.8 Å². The molecule has 0 aliphatic carbocycles. The molecule has 3 rings (SSSR count). The average Bonchev–Trinajstić information content (AvgIpc) is 3.21. The number of rotatable bonds is 6. The molecule has 2 amide bonds. The van der Waals surface area contributed by atoms with E-state index in [4.69, 9.17) is 9.47 Å². The second-order valence-corrected chi connectivity index (χ2v) is 7.08. The zero-order chi connectivity index (χ0) is 21.0. The highest BCUT2D eigenvalue weighted by molar-refractivity contribution is 6.00. The van der Waals surface area contributed by atoms with Crippen LogP contribution in [0.1, 0.15) is 25.3 Å². The summed E-state index contributed by atoms with van der Waals surface area (Å²) in [4.78, 5) is 51.2. The molecule has 2 aliphatic heterocycles. The number of esters is 1. The molecule has 2 aliphatic rings. The van der Waals surface area contributed by atoms with Crippen LogP contribution in [0.25, 0.3) is 0 Å². The number of ether oxygens (including phenoxy) is 2. The molecule has 2 saturated heterocycles. The molecule has 9 nitrogen and oxygen atoms in total. The fourth-order valence-electron chi connectivity index (χ4n) is 3.59. The molecule has 1 aromatic carbocycles. The smallest absolute Gasteiger partial charge is 0.348 e. The minimum Gasteiger partial charge on any atom is -0.478 e. The van der Waals surface area contributed by atoms with Crippen LogP contribution in [-0.2, 0) is 35.1 Å². The van der Waals surface area contributed by atoms with Crippen LogP contribution in [0.5, 0.6) is 0 Å². The highest BCUT2D eigenvalue weighted by Gasteiger charge is 2.42. The standard InChI is InChI=1S/C20H24N2O7/c1-13(23)29-18(20(26)27)17-19(25)22(9-10-28-17)15-6-4-5-14(11-15)12-16(24)21-7-2-3-8-21/h4-6,11,17-18H,2-3,7-10,12H2,1H3,(H,26,27)/t17-,18-/m1/s1. The number of amides is 2. The van der Waals surface area contributed by atoms with E-state index in [1.165, 1.54) is 4.90 Å². The van der Waals surface area contributed by atoms with Crippen molar-refractivity contribution in [2.24, 2.45) is 0 Å². The number of benzene rings is 1. The fraction of sp³-hybridized carbons (Fsp3) is 0.500. The van der Waals surface area contributed by atoms with Gasteiger partial charge in [0, 0.05) is 32.2 Å². The lowest BCUT2D eigenvalue weighted by Gasteiger charge is -2.34. The first kappa shape index (κ1) is 20.8. The SMILES string of the molecule is CC(=O)O[C@@H](C(=O)O)[C@H]1OCCN(c2cccc(CC(=O)N3CCCC3)c2)C1=O. The topological polar surface area (TPSA) is 113 Å². The number of morpholine rings is 1. The van der Waals surface area contributed by atoms with Crippen LogP contribution in [-0.4, -0.2) is 72.2 Å². The summed E-state index contributed by atoms with van der Waals surface area (Å²) >= 11 is 0. The van der Waals surface area contributed by atoms with E-state index in [0.717, 1.165) is 38.4 Å². The van der Waals surface area contributed by atoms with Crippen LogP contribution in [0.2, 0.25) is 0 Å². The van der Waals surface area contributed by atoms with E-state index in [1.54, 1.807) is 18.2 Å². The summed E-state index contributed by atoms with van der Waals surface area (Å²) in [6.45, 7) is 2.94. The van der Waals surface area contributed by atoms with Crippen LogP contribution in [0.3, 0.4) is 0 Å². The number of likely N-dealkylation sites (tertiary alicyclic amines) is 1. The zero-order valence-corrected chi connectivity index (χ0v) is 16.2. The molecule has 0 saturated carbocycles. The molecule has 29 heavy (non-hydrogen) atoms. The third-order valence-corrected chi connectivity index (χ3v) is 4.97. The van der Waals surface area contributed by atoms with Gasteiger partial charge in [-0.05, 0) is 30.5 Å². The number of carboxylic acids is 1. The number of aliphatic carboxylic acids is 1. The number of anilines is 1. The Labute approximate surface area is 168 Å². The van der Waals surface area contributed by atoms with Crippen LogP contribution in [0.15, 0.2) is 24.3 Å². The largest absolute Gasteiger partial charge is 0.478 e. The Morgan fingerprint density at radius 1 is 1.24 bits per heavy atom. The van der Waals surface area contributed by atoms with Gasteiger partial charge >= 0.3 is 11.9 Å². The van der Waals surface area contributed by atoms with Gasteiger partial charge in [-0.1, -0.05) is 12.1 Å². The maximum atomic E-state index is 12.9. The van der Waals surface area contributed by atoms with E-state index < -0.39 is 30.1 Å². The van der Waals surface area contributed by atoms with Crippen LogP contribution in [0, 0.1) is 0 Å². The first-order valence-electron chi connectivity index (χ1n) is 9.56. The van der Waals surface area contributed by atoms with Gasteiger partial charge in [0.2, 0.25) is 12.0 Å². The first-order valence-corrected chi connectivity index (χ1v) is 9.56. The molecular formula is C20H24N2O7. The van der Waals surface area contributed by atoms with Gasteiger partial charge in [-0.2, -0.15) is 0 Å². The maximum Gasteiger partial charge on any atom is 0.348 e. The van der Waals surface area contributed by atoms with Crippen molar-refractivity contribution in [1.82, 2.24) is 4.90 Å². The third kappa shape index (κ3) is 4.92. The predicted molar refractivity (Wildman–Crippen MR) is 101 cm³/mol. The van der Waals surface area contributed by atoms with E-state index >= 15 is 0 Å². The summed E-state index contributed by atoms with van der Waals surface area (Å²) in [5.41, 5.74) is 1.31. The summed E-state index contributed by atoms with van der Waals surface area (Å²) in [6.07, 6.45) is -0.880. The van der Waals surface area contributed by atoms with Crippen LogP contribution >= 0.6 is 0 Å². The Hall–Kier alpha value is -2.94. The minimum absolute atomic E-state index is 0.0478. The average molecular weight is 404 g/mol. The molecule has 2 fully saturated rings. The van der Waals surface area contributed by atoms with Crippen molar-refractivity contribution in [3.05, 3.63) is 29.8 Å². The Morgan fingerprint density at radius 2 is 1.97 bits per heavy atom. The van der Waals surface area contributed by atoms with E-state index in [-0.39, 0.29) is 25.5 Å². The Bertz CT molecular complexity index is 804. The van der Waals surface area contributed by atoms with Gasteiger partial charge in [-0.25, -0.2) is 4.79 Å². The second kappa shape index (κ2) is 9.04. The molecule has 0 bridgehead atoms. The number of hydrogen-bond donors (Lipinski definition) is 1.